The normalized spacial score (nSPS) is 14.4. The summed E-state index contributed by atoms with van der Waals surface area (Å²) in [5.41, 5.74) is 2.19. The van der Waals surface area contributed by atoms with Crippen molar-refractivity contribution in [3.63, 3.8) is 0 Å². The van der Waals surface area contributed by atoms with E-state index in [4.69, 9.17) is 11.6 Å². The van der Waals surface area contributed by atoms with Gasteiger partial charge >= 0.3 is 0 Å². The van der Waals surface area contributed by atoms with Crippen molar-refractivity contribution in [3.8, 4) is 0 Å². The Balaban J connectivity index is 1.52. The zero-order valence-electron chi connectivity index (χ0n) is 12.6. The maximum atomic E-state index is 12.2. The molecule has 8 nitrogen and oxygen atoms in total. The first kappa shape index (κ1) is 17.4. The first-order chi connectivity index (χ1) is 11.5. The molecule has 1 aliphatic heterocycles. The zero-order chi connectivity index (χ0) is 17.2. The van der Waals surface area contributed by atoms with E-state index >= 15 is 0 Å². The summed E-state index contributed by atoms with van der Waals surface area (Å²) < 4.78 is 27.0. The Morgan fingerprint density at radius 1 is 1.38 bits per heavy atom. The van der Waals surface area contributed by atoms with Gasteiger partial charge in [0.15, 0.2) is 5.69 Å². The van der Waals surface area contributed by atoms with Gasteiger partial charge in [-0.25, -0.2) is 13.1 Å². The summed E-state index contributed by atoms with van der Waals surface area (Å²) in [6.07, 6.45) is 0.804. The second-order valence-corrected chi connectivity index (χ2v) is 8.88. The van der Waals surface area contributed by atoms with E-state index in [0.717, 1.165) is 35.6 Å². The van der Waals surface area contributed by atoms with Gasteiger partial charge in [-0.15, -0.1) is 11.3 Å². The lowest BCUT2D eigenvalue weighted by Crippen LogP contribution is -2.35. The predicted molar refractivity (Wildman–Crippen MR) is 90.8 cm³/mol. The Morgan fingerprint density at radius 2 is 2.21 bits per heavy atom. The SMILES string of the molecule is O=C(NCCNS(=O)(=O)c1ccc(Cl)s1)c1n[nH]c2c1CNCC2. The fourth-order valence-electron chi connectivity index (χ4n) is 2.37. The first-order valence-corrected chi connectivity index (χ1v) is 9.95. The Labute approximate surface area is 148 Å². The Bertz CT molecular complexity index is 846. The summed E-state index contributed by atoms with van der Waals surface area (Å²) in [4.78, 5) is 12.2. The molecular weight excluding hydrogens is 374 g/mol. The summed E-state index contributed by atoms with van der Waals surface area (Å²) in [7, 11) is -3.60. The van der Waals surface area contributed by atoms with Crippen LogP contribution in [0, 0.1) is 0 Å². The van der Waals surface area contributed by atoms with Crippen LogP contribution in [0.3, 0.4) is 0 Å². The molecule has 0 aliphatic carbocycles. The monoisotopic (exact) mass is 389 g/mol. The highest BCUT2D eigenvalue weighted by Gasteiger charge is 2.21. The van der Waals surface area contributed by atoms with Gasteiger partial charge in [0.2, 0.25) is 10.0 Å². The van der Waals surface area contributed by atoms with E-state index in [1.807, 2.05) is 0 Å². The van der Waals surface area contributed by atoms with Gasteiger partial charge in [-0.3, -0.25) is 9.89 Å². The summed E-state index contributed by atoms with van der Waals surface area (Å²) >= 11 is 6.72. The van der Waals surface area contributed by atoms with Gasteiger partial charge in [0.05, 0.1) is 4.34 Å². The van der Waals surface area contributed by atoms with E-state index in [0.29, 0.717) is 16.6 Å². The van der Waals surface area contributed by atoms with Crippen molar-refractivity contribution in [2.24, 2.45) is 0 Å². The third-order valence-corrected chi connectivity index (χ3v) is 6.72. The highest BCUT2D eigenvalue weighted by atomic mass is 35.5. The molecule has 0 atom stereocenters. The minimum absolute atomic E-state index is 0.0778. The van der Waals surface area contributed by atoms with Crippen LogP contribution in [0.15, 0.2) is 16.3 Å². The number of nitrogens with zero attached hydrogens (tertiary/aromatic N) is 1. The maximum absolute atomic E-state index is 12.2. The van der Waals surface area contributed by atoms with E-state index in [2.05, 4.69) is 25.6 Å². The number of aromatic nitrogens is 2. The molecule has 2 aromatic heterocycles. The van der Waals surface area contributed by atoms with E-state index in [-0.39, 0.29) is 23.2 Å². The average Bonchev–Trinajstić information content (AvgIpc) is 3.18. The van der Waals surface area contributed by atoms with Gasteiger partial charge in [-0.05, 0) is 12.1 Å². The van der Waals surface area contributed by atoms with Gasteiger partial charge in [0, 0.05) is 43.9 Å². The average molecular weight is 390 g/mol. The van der Waals surface area contributed by atoms with Crippen LogP contribution >= 0.6 is 22.9 Å². The Kier molecular flexibility index (Phi) is 5.21. The van der Waals surface area contributed by atoms with Crippen molar-refractivity contribution in [2.45, 2.75) is 17.2 Å². The molecule has 4 N–H and O–H groups in total. The number of carbonyl (C=O) groups is 1. The number of H-pyrrole nitrogens is 1. The fourth-order valence-corrected chi connectivity index (χ4v) is 4.93. The molecule has 0 saturated heterocycles. The highest BCUT2D eigenvalue weighted by Crippen LogP contribution is 2.25. The number of hydrogen-bond donors (Lipinski definition) is 4. The lowest BCUT2D eigenvalue weighted by molar-refractivity contribution is 0.0948. The minimum atomic E-state index is -3.60. The van der Waals surface area contributed by atoms with Crippen LogP contribution in [-0.2, 0) is 23.0 Å². The lowest BCUT2D eigenvalue weighted by Gasteiger charge is -2.12. The number of rotatable bonds is 6. The van der Waals surface area contributed by atoms with Crippen molar-refractivity contribution < 1.29 is 13.2 Å². The second kappa shape index (κ2) is 7.19. The number of fused-ring (bicyclic) bond motifs is 1. The molecule has 2 aromatic rings. The largest absolute Gasteiger partial charge is 0.349 e. The number of carbonyl (C=O) groups excluding carboxylic acids is 1. The van der Waals surface area contributed by atoms with Crippen molar-refractivity contribution in [1.29, 1.82) is 0 Å². The van der Waals surface area contributed by atoms with Crippen LogP contribution in [0.25, 0.3) is 0 Å². The number of halogens is 1. The van der Waals surface area contributed by atoms with Gasteiger partial charge in [0.25, 0.3) is 5.91 Å². The summed E-state index contributed by atoms with van der Waals surface area (Å²) in [5.74, 6) is -0.324. The van der Waals surface area contributed by atoms with Crippen molar-refractivity contribution >= 4 is 38.9 Å². The maximum Gasteiger partial charge on any atom is 0.272 e. The number of amides is 1. The number of aromatic amines is 1. The van der Waals surface area contributed by atoms with Crippen LogP contribution in [0.4, 0.5) is 0 Å². The topological polar surface area (TPSA) is 116 Å². The fraction of sp³-hybridized carbons (Fsp3) is 0.385. The number of hydrogen-bond acceptors (Lipinski definition) is 6. The lowest BCUT2D eigenvalue weighted by atomic mass is 10.1. The predicted octanol–water partition coefficient (Wildman–Crippen LogP) is 0.479. The van der Waals surface area contributed by atoms with Crippen LogP contribution in [0.1, 0.15) is 21.7 Å². The quantitative estimate of drug-likeness (QED) is 0.536. The van der Waals surface area contributed by atoms with Crippen LogP contribution < -0.4 is 15.4 Å². The Morgan fingerprint density at radius 3 is 2.96 bits per heavy atom. The molecule has 0 unspecified atom stereocenters. The van der Waals surface area contributed by atoms with Gasteiger partial charge in [0.1, 0.15) is 4.21 Å². The summed E-state index contributed by atoms with van der Waals surface area (Å²) in [5, 5.41) is 12.8. The molecule has 0 aromatic carbocycles. The first-order valence-electron chi connectivity index (χ1n) is 7.27. The molecule has 1 amide bonds. The molecule has 0 fully saturated rings. The molecule has 0 bridgehead atoms. The van der Waals surface area contributed by atoms with Crippen LogP contribution in [-0.4, -0.2) is 44.2 Å². The zero-order valence-corrected chi connectivity index (χ0v) is 14.9. The van der Waals surface area contributed by atoms with Gasteiger partial charge in [-0.2, -0.15) is 5.10 Å². The smallest absolute Gasteiger partial charge is 0.272 e. The molecule has 24 heavy (non-hydrogen) atoms. The molecule has 0 saturated carbocycles. The molecule has 3 heterocycles. The third-order valence-electron chi connectivity index (χ3n) is 3.54. The molecule has 3 rings (SSSR count). The van der Waals surface area contributed by atoms with Crippen molar-refractivity contribution in [1.82, 2.24) is 25.6 Å². The van der Waals surface area contributed by atoms with Gasteiger partial charge in [-0.1, -0.05) is 11.6 Å². The highest BCUT2D eigenvalue weighted by molar-refractivity contribution is 7.91. The summed E-state index contributed by atoms with van der Waals surface area (Å²) in [6, 6.07) is 2.97. The second-order valence-electron chi connectivity index (χ2n) is 5.17. The molecule has 1 aliphatic rings. The van der Waals surface area contributed by atoms with E-state index < -0.39 is 10.0 Å². The van der Waals surface area contributed by atoms with Crippen LogP contribution in [0.2, 0.25) is 4.34 Å². The molecule has 0 radical (unpaired) electrons. The van der Waals surface area contributed by atoms with Crippen molar-refractivity contribution in [3.05, 3.63) is 33.4 Å². The molecule has 0 spiro atoms. The Hall–Kier alpha value is -1.46. The minimum Gasteiger partial charge on any atom is -0.349 e. The third kappa shape index (κ3) is 3.78. The number of sulfonamides is 1. The molecule has 130 valence electrons. The van der Waals surface area contributed by atoms with E-state index in [9.17, 15) is 13.2 Å². The number of nitrogens with one attached hydrogen (secondary N) is 4. The molecule has 11 heteroatoms. The van der Waals surface area contributed by atoms with E-state index in [1.54, 1.807) is 0 Å². The molecular formula is C13H16ClN5O3S2. The van der Waals surface area contributed by atoms with E-state index in [1.165, 1.54) is 12.1 Å². The standard InChI is InChI=1S/C13H16ClN5O3S2/c14-10-1-2-11(23-10)24(21,22)17-6-5-16-13(20)12-8-7-15-4-3-9(8)18-19-12/h1-2,15,17H,3-7H2,(H,16,20)(H,18,19). The van der Waals surface area contributed by atoms with Crippen molar-refractivity contribution in [2.75, 3.05) is 19.6 Å². The summed E-state index contributed by atoms with van der Waals surface area (Å²) in [6.45, 7) is 1.69. The van der Waals surface area contributed by atoms with Crippen LogP contribution in [0.5, 0.6) is 0 Å². The van der Waals surface area contributed by atoms with Gasteiger partial charge < -0.3 is 10.6 Å². The number of thiophene rings is 1.